The molecule has 4 amide bonds. The number of anilines is 1. The summed E-state index contributed by atoms with van der Waals surface area (Å²) < 4.78 is 23.0. The molecule has 0 aliphatic carbocycles. The maximum atomic E-state index is 13.3. The SMILES string of the molecule is COc1cc(/C=C2\C(=O)NC(=O)N(c3ccc(C)c(Cl)c3)C2=O)ccc1OCc1ccc(OCc2ccccc2)c(OC)c1. The Labute approximate surface area is 259 Å². The molecular formula is C34H29ClN2O7. The van der Waals surface area contributed by atoms with Gasteiger partial charge in [0, 0.05) is 5.02 Å². The van der Waals surface area contributed by atoms with E-state index in [4.69, 9.17) is 30.5 Å². The monoisotopic (exact) mass is 612 g/mol. The Morgan fingerprint density at radius 2 is 1.41 bits per heavy atom. The van der Waals surface area contributed by atoms with Crippen molar-refractivity contribution in [3.63, 3.8) is 0 Å². The summed E-state index contributed by atoms with van der Waals surface area (Å²) in [6.45, 7) is 2.42. The number of urea groups is 1. The first-order valence-corrected chi connectivity index (χ1v) is 14.0. The number of amides is 4. The highest BCUT2D eigenvalue weighted by molar-refractivity contribution is 6.39. The second-order valence-electron chi connectivity index (χ2n) is 9.85. The van der Waals surface area contributed by atoms with Gasteiger partial charge in [-0.3, -0.25) is 14.9 Å². The minimum Gasteiger partial charge on any atom is -0.493 e. The Morgan fingerprint density at radius 1 is 0.750 bits per heavy atom. The van der Waals surface area contributed by atoms with Crippen LogP contribution < -0.4 is 29.2 Å². The third-order valence-electron chi connectivity index (χ3n) is 6.87. The molecule has 0 spiro atoms. The predicted octanol–water partition coefficient (Wildman–Crippen LogP) is 6.49. The summed E-state index contributed by atoms with van der Waals surface area (Å²) in [6, 6.07) is 24.3. The van der Waals surface area contributed by atoms with Crippen LogP contribution in [0.15, 0.2) is 90.5 Å². The van der Waals surface area contributed by atoms with Crippen LogP contribution in [0.4, 0.5) is 10.5 Å². The summed E-state index contributed by atoms with van der Waals surface area (Å²) in [6.07, 6.45) is 1.39. The van der Waals surface area contributed by atoms with Gasteiger partial charge >= 0.3 is 6.03 Å². The average molecular weight is 613 g/mol. The molecule has 10 heteroatoms. The lowest BCUT2D eigenvalue weighted by molar-refractivity contribution is -0.122. The molecule has 4 aromatic rings. The van der Waals surface area contributed by atoms with Gasteiger partial charge in [0.05, 0.1) is 19.9 Å². The normalized spacial score (nSPS) is 14.0. The highest BCUT2D eigenvalue weighted by atomic mass is 35.5. The van der Waals surface area contributed by atoms with E-state index in [0.29, 0.717) is 40.2 Å². The molecular weight excluding hydrogens is 584 g/mol. The number of barbiturate groups is 1. The second kappa shape index (κ2) is 13.4. The zero-order valence-electron chi connectivity index (χ0n) is 24.3. The molecule has 0 unspecified atom stereocenters. The number of methoxy groups -OCH3 is 2. The average Bonchev–Trinajstić information content (AvgIpc) is 3.03. The van der Waals surface area contributed by atoms with Crippen molar-refractivity contribution in [1.82, 2.24) is 5.32 Å². The van der Waals surface area contributed by atoms with Gasteiger partial charge in [-0.05, 0) is 71.7 Å². The zero-order valence-corrected chi connectivity index (χ0v) is 25.0. The maximum absolute atomic E-state index is 13.3. The number of carbonyl (C=O) groups is 3. The molecule has 1 fully saturated rings. The van der Waals surface area contributed by atoms with E-state index in [1.165, 1.54) is 19.3 Å². The third-order valence-corrected chi connectivity index (χ3v) is 7.28. The number of halogens is 1. The lowest BCUT2D eigenvalue weighted by Gasteiger charge is -2.26. The summed E-state index contributed by atoms with van der Waals surface area (Å²) in [5, 5.41) is 2.60. The largest absolute Gasteiger partial charge is 0.493 e. The van der Waals surface area contributed by atoms with Crippen LogP contribution in [-0.4, -0.2) is 32.1 Å². The topological polar surface area (TPSA) is 103 Å². The summed E-state index contributed by atoms with van der Waals surface area (Å²) in [5.41, 5.74) is 3.18. The van der Waals surface area contributed by atoms with Crippen LogP contribution >= 0.6 is 11.6 Å². The summed E-state index contributed by atoms with van der Waals surface area (Å²) >= 11 is 6.20. The molecule has 0 radical (unpaired) electrons. The Balaban J connectivity index is 1.30. The van der Waals surface area contributed by atoms with Crippen LogP contribution in [0.2, 0.25) is 5.02 Å². The lowest BCUT2D eigenvalue weighted by Crippen LogP contribution is -2.54. The third kappa shape index (κ3) is 6.68. The van der Waals surface area contributed by atoms with Crippen LogP contribution in [-0.2, 0) is 22.8 Å². The fourth-order valence-electron chi connectivity index (χ4n) is 4.49. The van der Waals surface area contributed by atoms with Crippen molar-refractivity contribution >= 4 is 41.2 Å². The van der Waals surface area contributed by atoms with Gasteiger partial charge in [-0.2, -0.15) is 0 Å². The maximum Gasteiger partial charge on any atom is 0.335 e. The van der Waals surface area contributed by atoms with Crippen molar-refractivity contribution < 1.29 is 33.3 Å². The molecule has 1 aliphatic rings. The van der Waals surface area contributed by atoms with E-state index in [-0.39, 0.29) is 17.9 Å². The Bertz CT molecular complexity index is 1750. The quantitative estimate of drug-likeness (QED) is 0.161. The van der Waals surface area contributed by atoms with Gasteiger partial charge in [0.25, 0.3) is 11.8 Å². The van der Waals surface area contributed by atoms with E-state index >= 15 is 0 Å². The van der Waals surface area contributed by atoms with Crippen molar-refractivity contribution in [3.8, 4) is 23.0 Å². The molecule has 5 rings (SSSR count). The fraction of sp³-hybridized carbons (Fsp3) is 0.147. The first-order valence-electron chi connectivity index (χ1n) is 13.6. The number of hydrogen-bond acceptors (Lipinski definition) is 7. The number of benzene rings is 4. The molecule has 0 bridgehead atoms. The van der Waals surface area contributed by atoms with E-state index in [1.54, 1.807) is 44.4 Å². The van der Waals surface area contributed by atoms with Crippen LogP contribution in [0, 0.1) is 6.92 Å². The van der Waals surface area contributed by atoms with Gasteiger partial charge in [-0.1, -0.05) is 60.1 Å². The Kier molecular flexibility index (Phi) is 9.16. The minimum absolute atomic E-state index is 0.212. The van der Waals surface area contributed by atoms with E-state index in [0.717, 1.165) is 21.6 Å². The van der Waals surface area contributed by atoms with Crippen molar-refractivity contribution in [2.24, 2.45) is 0 Å². The highest BCUT2D eigenvalue weighted by Crippen LogP contribution is 2.33. The summed E-state index contributed by atoms with van der Waals surface area (Å²) in [7, 11) is 3.06. The number of nitrogens with zero attached hydrogens (tertiary/aromatic N) is 1. The van der Waals surface area contributed by atoms with Crippen molar-refractivity contribution in [1.29, 1.82) is 0 Å². The van der Waals surface area contributed by atoms with Gasteiger partial charge in [-0.15, -0.1) is 0 Å². The molecule has 1 heterocycles. The second-order valence-corrected chi connectivity index (χ2v) is 10.3. The van der Waals surface area contributed by atoms with E-state index in [1.807, 2.05) is 48.5 Å². The Morgan fingerprint density at radius 3 is 2.09 bits per heavy atom. The highest BCUT2D eigenvalue weighted by Gasteiger charge is 2.37. The number of carbonyl (C=O) groups excluding carboxylic acids is 3. The molecule has 1 N–H and O–H groups in total. The van der Waals surface area contributed by atoms with Crippen molar-refractivity contribution in [3.05, 3.63) is 118 Å². The minimum atomic E-state index is -0.856. The van der Waals surface area contributed by atoms with Crippen LogP contribution in [0.1, 0.15) is 22.3 Å². The fourth-order valence-corrected chi connectivity index (χ4v) is 4.66. The standard InChI is InChI=1S/C34H29ClN2O7/c1-21-9-12-25(18-27(21)35)37-33(39)26(32(38)36-34(37)40)15-23-10-13-28(30(16-23)41-2)44-20-24-11-14-29(31(17-24)42-3)43-19-22-7-5-4-6-8-22/h4-18H,19-20H2,1-3H3,(H,36,38,40)/b26-15+. The van der Waals surface area contributed by atoms with Gasteiger partial charge in [0.1, 0.15) is 18.8 Å². The number of hydrogen-bond donors (Lipinski definition) is 1. The first-order chi connectivity index (χ1) is 21.3. The molecule has 0 atom stereocenters. The van der Waals surface area contributed by atoms with Crippen molar-refractivity contribution in [2.45, 2.75) is 20.1 Å². The number of aryl methyl sites for hydroxylation is 1. The van der Waals surface area contributed by atoms with Crippen LogP contribution in [0.3, 0.4) is 0 Å². The Hall–Kier alpha value is -5.28. The van der Waals surface area contributed by atoms with Crippen LogP contribution in [0.25, 0.3) is 6.08 Å². The van der Waals surface area contributed by atoms with Gasteiger partial charge < -0.3 is 18.9 Å². The van der Waals surface area contributed by atoms with Crippen molar-refractivity contribution in [2.75, 3.05) is 19.1 Å². The van der Waals surface area contributed by atoms with E-state index < -0.39 is 17.8 Å². The molecule has 9 nitrogen and oxygen atoms in total. The van der Waals surface area contributed by atoms with Gasteiger partial charge in [0.2, 0.25) is 0 Å². The lowest BCUT2D eigenvalue weighted by atomic mass is 10.1. The van der Waals surface area contributed by atoms with Crippen LogP contribution in [0.5, 0.6) is 23.0 Å². The molecule has 44 heavy (non-hydrogen) atoms. The van der Waals surface area contributed by atoms with Gasteiger partial charge in [0.15, 0.2) is 23.0 Å². The zero-order chi connectivity index (χ0) is 31.2. The predicted molar refractivity (Wildman–Crippen MR) is 166 cm³/mol. The molecule has 4 aromatic carbocycles. The molecule has 1 aliphatic heterocycles. The number of imide groups is 2. The first kappa shape index (κ1) is 30.2. The summed E-state index contributed by atoms with van der Waals surface area (Å²) in [4.78, 5) is 39.3. The van der Waals surface area contributed by atoms with E-state index in [2.05, 4.69) is 5.32 Å². The smallest absolute Gasteiger partial charge is 0.335 e. The van der Waals surface area contributed by atoms with Gasteiger partial charge in [-0.25, -0.2) is 9.69 Å². The summed E-state index contributed by atoms with van der Waals surface area (Å²) in [5.74, 6) is 0.440. The number of ether oxygens (including phenoxy) is 4. The molecule has 1 saturated heterocycles. The van der Waals surface area contributed by atoms with E-state index in [9.17, 15) is 14.4 Å². The molecule has 0 aromatic heterocycles. The molecule has 0 saturated carbocycles. The number of rotatable bonds is 10. The number of nitrogens with one attached hydrogen (secondary N) is 1. The molecule has 224 valence electrons.